The van der Waals surface area contributed by atoms with Crippen LogP contribution in [0.3, 0.4) is 0 Å². The number of aromatic nitrogens is 1. The fourth-order valence-corrected chi connectivity index (χ4v) is 12.4. The van der Waals surface area contributed by atoms with E-state index in [1.165, 1.54) is 96.7 Å². The molecule has 0 radical (unpaired) electrons. The lowest BCUT2D eigenvalue weighted by molar-refractivity contribution is 1.16. The van der Waals surface area contributed by atoms with Gasteiger partial charge in [0.1, 0.15) is 0 Å². The molecule has 0 unspecified atom stereocenters. The molecule has 0 amide bonds. The minimum atomic E-state index is 0.125. The van der Waals surface area contributed by atoms with E-state index in [4.69, 9.17) is 0 Å². The van der Waals surface area contributed by atoms with Crippen molar-refractivity contribution < 1.29 is 0 Å². The van der Waals surface area contributed by atoms with Crippen molar-refractivity contribution in [2.75, 3.05) is 4.90 Å². The van der Waals surface area contributed by atoms with Crippen LogP contribution in [0.4, 0.5) is 17.1 Å². The summed E-state index contributed by atoms with van der Waals surface area (Å²) < 4.78 is 2.68. The number of hydrogen-bond donors (Lipinski definition) is 0. The molecule has 0 aliphatic carbocycles. The maximum absolute atomic E-state index is 2.68. The van der Waals surface area contributed by atoms with Gasteiger partial charge in [-0.15, -0.1) is 0 Å². The number of para-hydroxylation sites is 3. The van der Waals surface area contributed by atoms with E-state index in [1.807, 2.05) is 23.5 Å². The quantitative estimate of drug-likeness (QED) is 0.169. The third-order valence-corrected chi connectivity index (χ3v) is 14.4. The second-order valence-electron chi connectivity index (χ2n) is 14.8. The van der Waals surface area contributed by atoms with Gasteiger partial charge < -0.3 is 9.47 Å². The molecule has 54 heavy (non-hydrogen) atoms. The first-order chi connectivity index (χ1) is 26.8. The van der Waals surface area contributed by atoms with Crippen LogP contribution in [0.2, 0.25) is 0 Å². The topological polar surface area (TPSA) is 8.17 Å². The van der Waals surface area contributed by atoms with Crippen LogP contribution in [-0.4, -0.2) is 18.0 Å². The standard InChI is InChI=1S/C48H28B2N2S2/c1-3-11-29(12-4-1)30-21-23-32(24-22-30)51(31-13-5-2-6-14-31)33-25-26-41-39(27-33)50-38-19-10-16-35-34-15-9-18-37-46(34)52(47(35)38)48-44-42(28-43(54-41)45(48)50)53-40-20-8-7-17-36(40)49(37)44/h1-28H. The summed E-state index contributed by atoms with van der Waals surface area (Å²) in [6.07, 6.45) is 0. The van der Waals surface area contributed by atoms with Crippen LogP contribution in [0.25, 0.3) is 38.6 Å². The van der Waals surface area contributed by atoms with E-state index in [9.17, 15) is 0 Å². The second kappa shape index (κ2) is 10.9. The van der Waals surface area contributed by atoms with Gasteiger partial charge in [-0.2, -0.15) is 0 Å². The molecule has 0 saturated heterocycles. The number of anilines is 3. The normalized spacial score (nSPS) is 13.7. The molecule has 6 heteroatoms. The zero-order valence-electron chi connectivity index (χ0n) is 29.0. The Morgan fingerprint density at radius 1 is 0.389 bits per heavy atom. The molecular weight excluding hydrogens is 690 g/mol. The fourth-order valence-electron chi connectivity index (χ4n) is 9.94. The van der Waals surface area contributed by atoms with Gasteiger partial charge in [-0.1, -0.05) is 150 Å². The molecular formula is C48H28B2N2S2. The predicted octanol–water partition coefficient (Wildman–Crippen LogP) is 8.51. The molecule has 9 aromatic rings. The van der Waals surface area contributed by atoms with E-state index in [0.717, 1.165) is 11.4 Å². The Balaban J connectivity index is 1.06. The molecule has 0 fully saturated rings. The zero-order valence-corrected chi connectivity index (χ0v) is 30.7. The van der Waals surface area contributed by atoms with Crippen LogP contribution in [-0.2, 0) is 0 Å². The second-order valence-corrected chi connectivity index (χ2v) is 17.0. The van der Waals surface area contributed by atoms with Gasteiger partial charge in [-0.25, -0.2) is 0 Å². The van der Waals surface area contributed by atoms with Crippen LogP contribution < -0.4 is 37.7 Å². The number of nitrogens with zero attached hydrogens (tertiary/aromatic N) is 2. The van der Waals surface area contributed by atoms with Crippen LogP contribution in [0.15, 0.2) is 189 Å². The molecule has 0 N–H and O–H groups in total. The average molecular weight is 719 g/mol. The number of benzene rings is 8. The molecule has 4 aliphatic rings. The summed E-state index contributed by atoms with van der Waals surface area (Å²) in [6, 6.07) is 63.4. The van der Waals surface area contributed by atoms with Gasteiger partial charge in [0, 0.05) is 64.1 Å². The zero-order chi connectivity index (χ0) is 35.1. The monoisotopic (exact) mass is 718 g/mol. The predicted molar refractivity (Wildman–Crippen MR) is 231 cm³/mol. The van der Waals surface area contributed by atoms with Crippen molar-refractivity contribution >= 4 is 109 Å². The van der Waals surface area contributed by atoms with E-state index in [0.29, 0.717) is 0 Å². The summed E-state index contributed by atoms with van der Waals surface area (Å²) in [6.45, 7) is 0.338. The SMILES string of the molecule is c1ccc(-c2ccc(N(c3ccccc3)c3ccc4c(c3)B3c5c(cc6c7c5-n5c8c(cccc8c8cccc3c85)B7c3ccccc3S6)S4)cc2)cc1. The highest BCUT2D eigenvalue weighted by Crippen LogP contribution is 2.45. The summed E-state index contributed by atoms with van der Waals surface area (Å²) in [5.74, 6) is 0. The first-order valence-corrected chi connectivity index (χ1v) is 20.3. The van der Waals surface area contributed by atoms with Crippen molar-refractivity contribution in [1.82, 2.24) is 4.57 Å². The lowest BCUT2D eigenvalue weighted by atomic mass is 9.31. The van der Waals surface area contributed by atoms with Crippen molar-refractivity contribution in [2.45, 2.75) is 19.6 Å². The highest BCUT2D eigenvalue weighted by molar-refractivity contribution is 8.01. The lowest BCUT2D eigenvalue weighted by Crippen LogP contribution is -2.65. The van der Waals surface area contributed by atoms with Crippen molar-refractivity contribution in [3.05, 3.63) is 170 Å². The van der Waals surface area contributed by atoms with Gasteiger partial charge in [-0.3, -0.25) is 0 Å². The van der Waals surface area contributed by atoms with Gasteiger partial charge in [0.25, 0.3) is 0 Å². The van der Waals surface area contributed by atoms with Crippen LogP contribution in [0.1, 0.15) is 0 Å². The highest BCUT2D eigenvalue weighted by Gasteiger charge is 2.47. The third kappa shape index (κ3) is 3.87. The molecule has 2 nitrogen and oxygen atoms in total. The molecule has 8 aromatic carbocycles. The molecule has 0 spiro atoms. The molecule has 0 atom stereocenters. The Kier molecular flexibility index (Phi) is 5.97. The number of rotatable bonds is 4. The lowest BCUT2D eigenvalue weighted by Gasteiger charge is -2.40. The van der Waals surface area contributed by atoms with Crippen LogP contribution >= 0.6 is 23.5 Å². The maximum Gasteiger partial charge on any atom is 0.249 e. The summed E-state index contributed by atoms with van der Waals surface area (Å²) in [5.41, 5.74) is 18.7. The van der Waals surface area contributed by atoms with E-state index in [-0.39, 0.29) is 13.4 Å². The van der Waals surface area contributed by atoms with Gasteiger partial charge in [0.05, 0.1) is 0 Å². The Morgan fingerprint density at radius 3 is 1.63 bits per heavy atom. The minimum absolute atomic E-state index is 0.125. The van der Waals surface area contributed by atoms with Gasteiger partial charge in [0.15, 0.2) is 0 Å². The van der Waals surface area contributed by atoms with Crippen LogP contribution in [0, 0.1) is 0 Å². The maximum atomic E-state index is 2.68. The minimum Gasteiger partial charge on any atom is -0.311 e. The summed E-state index contributed by atoms with van der Waals surface area (Å²) >= 11 is 3.91. The van der Waals surface area contributed by atoms with Crippen molar-refractivity contribution in [3.8, 4) is 16.8 Å². The average Bonchev–Trinajstić information content (AvgIpc) is 3.58. The largest absolute Gasteiger partial charge is 0.311 e. The Morgan fingerprint density at radius 2 is 0.926 bits per heavy atom. The molecule has 13 rings (SSSR count). The van der Waals surface area contributed by atoms with E-state index in [1.54, 1.807) is 0 Å². The fraction of sp³-hybridized carbons (Fsp3) is 0. The van der Waals surface area contributed by atoms with Gasteiger partial charge in [0.2, 0.25) is 13.4 Å². The molecule has 0 saturated carbocycles. The van der Waals surface area contributed by atoms with Crippen molar-refractivity contribution in [1.29, 1.82) is 0 Å². The molecule has 5 heterocycles. The first kappa shape index (κ1) is 29.6. The van der Waals surface area contributed by atoms with Crippen LogP contribution in [0.5, 0.6) is 0 Å². The molecule has 1 aromatic heterocycles. The van der Waals surface area contributed by atoms with E-state index >= 15 is 0 Å². The molecule has 0 bridgehead atoms. The van der Waals surface area contributed by atoms with Gasteiger partial charge in [-0.05, 0) is 87.6 Å². The third-order valence-electron chi connectivity index (χ3n) is 12.1. The smallest absolute Gasteiger partial charge is 0.249 e. The summed E-state index contributed by atoms with van der Waals surface area (Å²) in [4.78, 5) is 7.92. The number of fused-ring (bicyclic) bond motifs is 7. The Bertz CT molecular complexity index is 3070. The van der Waals surface area contributed by atoms with E-state index < -0.39 is 0 Å². The Labute approximate surface area is 322 Å². The van der Waals surface area contributed by atoms with Crippen molar-refractivity contribution in [3.63, 3.8) is 0 Å². The summed E-state index contributed by atoms with van der Waals surface area (Å²) in [5, 5.41) is 2.72. The van der Waals surface area contributed by atoms with E-state index in [2.05, 4.69) is 179 Å². The van der Waals surface area contributed by atoms with Crippen molar-refractivity contribution in [2.24, 2.45) is 0 Å². The molecule has 4 aliphatic heterocycles. The molecule has 248 valence electrons. The number of hydrogen-bond acceptors (Lipinski definition) is 3. The first-order valence-electron chi connectivity index (χ1n) is 18.7. The van der Waals surface area contributed by atoms with Gasteiger partial charge >= 0.3 is 0 Å². The highest BCUT2D eigenvalue weighted by atomic mass is 32.2. The Hall–Kier alpha value is -5.81. The summed E-state index contributed by atoms with van der Waals surface area (Å²) in [7, 11) is 0.